The lowest BCUT2D eigenvalue weighted by molar-refractivity contribution is -0.122. The van der Waals surface area contributed by atoms with Crippen LogP contribution in [0.1, 0.15) is 19.8 Å². The molecule has 0 aliphatic rings. The van der Waals surface area contributed by atoms with Gasteiger partial charge in [0.2, 0.25) is 5.91 Å². The van der Waals surface area contributed by atoms with Crippen LogP contribution in [0.2, 0.25) is 0 Å². The minimum absolute atomic E-state index is 0.108. The lowest BCUT2D eigenvalue weighted by atomic mass is 10.2. The molecule has 0 unspecified atom stereocenters. The van der Waals surface area contributed by atoms with Crippen LogP contribution in [0.25, 0.3) is 0 Å². The maximum atomic E-state index is 11.5. The van der Waals surface area contributed by atoms with Gasteiger partial charge in [0.25, 0.3) is 0 Å². The number of amides is 1. The van der Waals surface area contributed by atoms with E-state index in [-0.39, 0.29) is 5.91 Å². The van der Waals surface area contributed by atoms with Gasteiger partial charge in [-0.25, -0.2) is 0 Å². The molecule has 1 aromatic carbocycles. The van der Waals surface area contributed by atoms with Crippen molar-refractivity contribution in [2.75, 3.05) is 13.2 Å². The second kappa shape index (κ2) is 7.68. The van der Waals surface area contributed by atoms with E-state index in [1.807, 2.05) is 37.3 Å². The van der Waals surface area contributed by atoms with E-state index in [1.54, 1.807) is 0 Å². The van der Waals surface area contributed by atoms with E-state index in [1.165, 1.54) is 0 Å². The van der Waals surface area contributed by atoms with Gasteiger partial charge in [-0.1, -0.05) is 31.5 Å². The van der Waals surface area contributed by atoms with Gasteiger partial charge < -0.3 is 15.8 Å². The number of hydrogen-bond donors (Lipinski definition) is 2. The van der Waals surface area contributed by atoms with Crippen LogP contribution in [0.15, 0.2) is 30.3 Å². The number of carbonyl (C=O) groups excluding carboxylic acids is 1. The Bertz CT molecular complexity index is 327. The molecule has 0 saturated heterocycles. The van der Waals surface area contributed by atoms with Crippen LogP contribution < -0.4 is 15.8 Å². The molecule has 0 fully saturated rings. The highest BCUT2D eigenvalue weighted by Crippen LogP contribution is 2.07. The smallest absolute Gasteiger partial charge is 0.237 e. The molecule has 1 rings (SSSR count). The van der Waals surface area contributed by atoms with Crippen molar-refractivity contribution in [1.29, 1.82) is 0 Å². The van der Waals surface area contributed by atoms with Gasteiger partial charge in [0, 0.05) is 0 Å². The summed E-state index contributed by atoms with van der Waals surface area (Å²) in [5, 5.41) is 2.75. The molecule has 1 aromatic rings. The van der Waals surface area contributed by atoms with Crippen LogP contribution in [-0.2, 0) is 4.79 Å². The minimum Gasteiger partial charge on any atom is -0.492 e. The van der Waals surface area contributed by atoms with Gasteiger partial charge in [0.1, 0.15) is 12.4 Å². The van der Waals surface area contributed by atoms with Crippen LogP contribution in [0.5, 0.6) is 5.75 Å². The van der Waals surface area contributed by atoms with Crippen molar-refractivity contribution in [2.24, 2.45) is 5.73 Å². The topological polar surface area (TPSA) is 64.4 Å². The Labute approximate surface area is 102 Å². The molecule has 4 nitrogen and oxygen atoms in total. The van der Waals surface area contributed by atoms with Gasteiger partial charge in [0.15, 0.2) is 0 Å². The zero-order chi connectivity index (χ0) is 12.5. The maximum absolute atomic E-state index is 11.5. The lowest BCUT2D eigenvalue weighted by Gasteiger charge is -2.11. The third-order valence-electron chi connectivity index (χ3n) is 2.35. The first kappa shape index (κ1) is 13.5. The van der Waals surface area contributed by atoms with E-state index in [0.29, 0.717) is 19.6 Å². The molecule has 0 bridgehead atoms. The molecule has 17 heavy (non-hydrogen) atoms. The first-order valence-electron chi connectivity index (χ1n) is 5.95. The van der Waals surface area contributed by atoms with Gasteiger partial charge >= 0.3 is 0 Å². The van der Waals surface area contributed by atoms with Crippen molar-refractivity contribution in [3.8, 4) is 5.75 Å². The molecule has 0 aliphatic carbocycles. The number of carbonyl (C=O) groups is 1. The van der Waals surface area contributed by atoms with Crippen molar-refractivity contribution < 1.29 is 9.53 Å². The lowest BCUT2D eigenvalue weighted by Crippen LogP contribution is -2.41. The molecule has 94 valence electrons. The fourth-order valence-corrected chi connectivity index (χ4v) is 1.43. The van der Waals surface area contributed by atoms with E-state index in [9.17, 15) is 4.79 Å². The number of para-hydroxylation sites is 1. The summed E-state index contributed by atoms with van der Waals surface area (Å²) in [5.41, 5.74) is 5.67. The average molecular weight is 236 g/mol. The Morgan fingerprint density at radius 1 is 1.41 bits per heavy atom. The molecule has 0 radical (unpaired) electrons. The number of nitrogens with two attached hydrogens (primary N) is 1. The summed E-state index contributed by atoms with van der Waals surface area (Å²) in [5.74, 6) is 0.697. The summed E-state index contributed by atoms with van der Waals surface area (Å²) in [4.78, 5) is 11.5. The van der Waals surface area contributed by atoms with Crippen molar-refractivity contribution in [2.45, 2.75) is 25.8 Å². The van der Waals surface area contributed by atoms with Gasteiger partial charge in [-0.2, -0.15) is 0 Å². The second-order valence-electron chi connectivity index (χ2n) is 3.85. The first-order chi connectivity index (χ1) is 8.24. The Balaban J connectivity index is 2.14. The summed E-state index contributed by atoms with van der Waals surface area (Å²) in [6, 6.07) is 9.10. The van der Waals surface area contributed by atoms with E-state index < -0.39 is 6.04 Å². The highest BCUT2D eigenvalue weighted by Gasteiger charge is 2.10. The summed E-state index contributed by atoms with van der Waals surface area (Å²) in [6.45, 7) is 2.94. The highest BCUT2D eigenvalue weighted by atomic mass is 16.5. The van der Waals surface area contributed by atoms with Crippen molar-refractivity contribution in [3.05, 3.63) is 30.3 Å². The Morgan fingerprint density at radius 3 is 2.76 bits per heavy atom. The molecule has 0 aliphatic heterocycles. The van der Waals surface area contributed by atoms with Gasteiger partial charge in [0.05, 0.1) is 12.6 Å². The predicted molar refractivity (Wildman–Crippen MR) is 67.8 cm³/mol. The zero-order valence-corrected chi connectivity index (χ0v) is 10.2. The monoisotopic (exact) mass is 236 g/mol. The van der Waals surface area contributed by atoms with E-state index >= 15 is 0 Å². The Morgan fingerprint density at radius 2 is 2.12 bits per heavy atom. The van der Waals surface area contributed by atoms with Gasteiger partial charge in [-0.3, -0.25) is 4.79 Å². The van der Waals surface area contributed by atoms with Crippen molar-refractivity contribution in [1.82, 2.24) is 5.32 Å². The normalized spacial score (nSPS) is 11.9. The number of rotatable bonds is 7. The Kier molecular flexibility index (Phi) is 6.10. The third-order valence-corrected chi connectivity index (χ3v) is 2.35. The fraction of sp³-hybridized carbons (Fsp3) is 0.462. The third kappa shape index (κ3) is 5.36. The Hall–Kier alpha value is -1.55. The van der Waals surface area contributed by atoms with Crippen LogP contribution in [-0.4, -0.2) is 25.1 Å². The van der Waals surface area contributed by atoms with Crippen LogP contribution in [0, 0.1) is 0 Å². The van der Waals surface area contributed by atoms with E-state index in [2.05, 4.69) is 5.32 Å². The van der Waals surface area contributed by atoms with Crippen molar-refractivity contribution >= 4 is 5.91 Å². The van der Waals surface area contributed by atoms with Gasteiger partial charge in [-0.15, -0.1) is 0 Å². The summed E-state index contributed by atoms with van der Waals surface area (Å²) in [7, 11) is 0. The summed E-state index contributed by atoms with van der Waals surface area (Å²) >= 11 is 0. The predicted octanol–water partition coefficient (Wildman–Crippen LogP) is 1.31. The molecular weight excluding hydrogens is 216 g/mol. The molecule has 1 amide bonds. The number of benzene rings is 1. The second-order valence-corrected chi connectivity index (χ2v) is 3.85. The number of nitrogens with one attached hydrogen (secondary N) is 1. The summed E-state index contributed by atoms with van der Waals surface area (Å²) in [6.07, 6.45) is 1.63. The number of hydrogen-bond acceptors (Lipinski definition) is 3. The standard InChI is InChI=1S/C13H20N2O2/c1-2-6-12(14)13(16)15-9-10-17-11-7-4-3-5-8-11/h3-5,7-8,12H,2,6,9-10,14H2,1H3,(H,15,16)/t12-/m0/s1. The van der Waals surface area contributed by atoms with Crippen LogP contribution in [0.3, 0.4) is 0 Å². The molecule has 0 saturated carbocycles. The molecule has 1 atom stereocenters. The quantitative estimate of drug-likeness (QED) is 0.702. The van der Waals surface area contributed by atoms with E-state index in [4.69, 9.17) is 10.5 Å². The molecular formula is C13H20N2O2. The van der Waals surface area contributed by atoms with E-state index in [0.717, 1.165) is 12.2 Å². The molecule has 0 spiro atoms. The average Bonchev–Trinajstić information content (AvgIpc) is 2.36. The van der Waals surface area contributed by atoms with Crippen molar-refractivity contribution in [3.63, 3.8) is 0 Å². The zero-order valence-electron chi connectivity index (χ0n) is 10.2. The first-order valence-corrected chi connectivity index (χ1v) is 5.95. The largest absolute Gasteiger partial charge is 0.492 e. The maximum Gasteiger partial charge on any atom is 0.237 e. The molecule has 4 heteroatoms. The molecule has 0 heterocycles. The molecule has 0 aromatic heterocycles. The SMILES string of the molecule is CCC[C@H](N)C(=O)NCCOc1ccccc1. The van der Waals surface area contributed by atoms with Crippen LogP contribution >= 0.6 is 0 Å². The summed E-state index contributed by atoms with van der Waals surface area (Å²) < 4.78 is 5.44. The highest BCUT2D eigenvalue weighted by molar-refractivity contribution is 5.81. The minimum atomic E-state index is -0.406. The molecule has 3 N–H and O–H groups in total. The van der Waals surface area contributed by atoms with Gasteiger partial charge in [-0.05, 0) is 18.6 Å². The van der Waals surface area contributed by atoms with Crippen LogP contribution in [0.4, 0.5) is 0 Å². The number of ether oxygens (including phenoxy) is 1. The fourth-order valence-electron chi connectivity index (χ4n) is 1.43.